The van der Waals surface area contributed by atoms with Crippen LogP contribution < -0.4 is 0 Å². The zero-order chi connectivity index (χ0) is 35.8. The van der Waals surface area contributed by atoms with Gasteiger partial charge in [-0.2, -0.15) is 0 Å². The molecular weight excluding hydrogens is 657 g/mol. The van der Waals surface area contributed by atoms with Gasteiger partial charge in [0.2, 0.25) is 0 Å². The molecule has 0 aromatic heterocycles. The van der Waals surface area contributed by atoms with E-state index in [2.05, 4.69) is 58.9 Å². The average molecular weight is 723 g/mol. The monoisotopic (exact) mass is 722 g/mol. The number of hydrogen-bond donors (Lipinski definition) is 0. The molecule has 5 atom stereocenters. The maximum Gasteiger partial charge on any atom is 0.320 e. The molecule has 0 aliphatic carbocycles. The van der Waals surface area contributed by atoms with Gasteiger partial charge in [-0.25, -0.2) is 0 Å². The van der Waals surface area contributed by atoms with Crippen molar-refractivity contribution in [3.05, 3.63) is 0 Å². The van der Waals surface area contributed by atoms with Crippen LogP contribution in [0.3, 0.4) is 0 Å². The fourth-order valence-corrected chi connectivity index (χ4v) is 8.28. The predicted octanol–water partition coefficient (Wildman–Crippen LogP) is 6.81. The van der Waals surface area contributed by atoms with Crippen molar-refractivity contribution in [3.8, 4) is 0 Å². The lowest BCUT2D eigenvalue weighted by Crippen LogP contribution is -2.66. The molecule has 0 aromatic carbocycles. The van der Waals surface area contributed by atoms with E-state index in [-0.39, 0.29) is 25.6 Å². The largest absolute Gasteiger partial charge is 0.469 e. The maximum atomic E-state index is 13.4. The second-order valence-corrected chi connectivity index (χ2v) is 28.6. The van der Waals surface area contributed by atoms with Crippen molar-refractivity contribution in [3.63, 3.8) is 0 Å². The van der Waals surface area contributed by atoms with Crippen LogP contribution in [0.15, 0.2) is 0 Å². The number of hydrogen-bond acceptors (Lipinski definition) is 11. The van der Waals surface area contributed by atoms with E-state index >= 15 is 0 Å². The van der Waals surface area contributed by atoms with Crippen LogP contribution in [-0.4, -0.2) is 100 Å². The molecule has 1 saturated heterocycles. The van der Waals surface area contributed by atoms with Crippen LogP contribution in [-0.2, 0) is 51.3 Å². The molecule has 47 heavy (non-hydrogen) atoms. The molecule has 1 fully saturated rings. The van der Waals surface area contributed by atoms with Crippen LogP contribution >= 0.6 is 0 Å². The Morgan fingerprint density at radius 3 is 1.60 bits per heavy atom. The van der Waals surface area contributed by atoms with E-state index in [4.69, 9.17) is 37.0 Å². The van der Waals surface area contributed by atoms with Crippen molar-refractivity contribution in [2.24, 2.45) is 5.92 Å². The van der Waals surface area contributed by atoms with E-state index in [0.717, 1.165) is 19.3 Å². The van der Waals surface area contributed by atoms with Gasteiger partial charge < -0.3 is 37.0 Å². The SMILES string of the molecule is CCCCOC(=O)C(CC1O[C@H](OCCCCCC(=O)OC)C(O[Si](C)(C)C)C(O[Si](C)(C)C)[C@@H]1O[Si](C)(C)C)C(=O)OCCCC. The first kappa shape index (κ1) is 43.9. The summed E-state index contributed by atoms with van der Waals surface area (Å²) in [6, 6.07) is 0. The fourth-order valence-electron chi connectivity index (χ4n) is 5.03. The summed E-state index contributed by atoms with van der Waals surface area (Å²) in [5.41, 5.74) is 0. The molecule has 0 amide bonds. The van der Waals surface area contributed by atoms with Crippen LogP contribution in [0.1, 0.15) is 71.6 Å². The Kier molecular flexibility index (Phi) is 19.8. The number of methoxy groups -OCH3 is 1. The summed E-state index contributed by atoms with van der Waals surface area (Å²) >= 11 is 0. The summed E-state index contributed by atoms with van der Waals surface area (Å²) in [4.78, 5) is 38.4. The third-order valence-electron chi connectivity index (χ3n) is 7.12. The predicted molar refractivity (Wildman–Crippen MR) is 190 cm³/mol. The Morgan fingerprint density at radius 2 is 1.13 bits per heavy atom. The molecule has 0 spiro atoms. The molecular formula is C33H66O11Si3. The third kappa shape index (κ3) is 18.4. The fraction of sp³-hybridized carbons (Fsp3) is 0.909. The van der Waals surface area contributed by atoms with E-state index in [9.17, 15) is 14.4 Å². The summed E-state index contributed by atoms with van der Waals surface area (Å²) in [7, 11) is -5.20. The van der Waals surface area contributed by atoms with Crippen LogP contribution in [0.5, 0.6) is 0 Å². The molecule has 1 heterocycles. The van der Waals surface area contributed by atoms with Crippen molar-refractivity contribution in [1.82, 2.24) is 0 Å². The minimum Gasteiger partial charge on any atom is -0.469 e. The smallest absolute Gasteiger partial charge is 0.320 e. The number of carbonyl (C=O) groups excluding carboxylic acids is 3. The number of rotatable bonds is 23. The van der Waals surface area contributed by atoms with Gasteiger partial charge in [0.15, 0.2) is 37.2 Å². The van der Waals surface area contributed by atoms with Crippen LogP contribution in [0.25, 0.3) is 0 Å². The molecule has 276 valence electrons. The maximum absolute atomic E-state index is 13.4. The van der Waals surface area contributed by atoms with E-state index in [1.807, 2.05) is 13.8 Å². The van der Waals surface area contributed by atoms with Gasteiger partial charge in [0.25, 0.3) is 0 Å². The average Bonchev–Trinajstić information content (AvgIpc) is 2.94. The van der Waals surface area contributed by atoms with E-state index in [0.29, 0.717) is 38.7 Å². The first-order valence-electron chi connectivity index (χ1n) is 17.5. The van der Waals surface area contributed by atoms with Crippen molar-refractivity contribution in [2.45, 2.75) is 161 Å². The van der Waals surface area contributed by atoms with Crippen LogP contribution in [0, 0.1) is 5.92 Å². The number of unbranched alkanes of at least 4 members (excludes halogenated alkanes) is 4. The highest BCUT2D eigenvalue weighted by atomic mass is 28.4. The highest BCUT2D eigenvalue weighted by molar-refractivity contribution is 6.70. The molecule has 0 saturated carbocycles. The molecule has 11 nitrogen and oxygen atoms in total. The van der Waals surface area contributed by atoms with E-state index < -0.39 is 73.5 Å². The first-order chi connectivity index (χ1) is 21.8. The van der Waals surface area contributed by atoms with Crippen LogP contribution in [0.2, 0.25) is 58.9 Å². The number of ether oxygens (including phenoxy) is 5. The standard InChI is InChI=1S/C33H66O11Si3/c1-13-15-21-38-31(35)25(32(36)39-22-16-14-2)24-26-28(42-45(4,5)6)29(43-46(7,8)9)30(44-47(10,11)12)33(41-26)40-23-19-17-18-20-27(34)37-3/h25-26,28-30,33H,13-24H2,1-12H3/t26?,28-,29?,30?,33+/m1/s1. The Balaban J connectivity index is 3.53. The molecule has 0 N–H and O–H groups in total. The molecule has 1 aliphatic rings. The zero-order valence-corrected chi connectivity index (χ0v) is 34.4. The molecule has 0 bridgehead atoms. The van der Waals surface area contributed by atoms with Gasteiger partial charge in [-0.1, -0.05) is 33.1 Å². The highest BCUT2D eigenvalue weighted by Crippen LogP contribution is 2.36. The minimum atomic E-state index is -2.22. The molecule has 0 radical (unpaired) electrons. The van der Waals surface area contributed by atoms with Gasteiger partial charge in [-0.05, 0) is 84.6 Å². The number of carbonyl (C=O) groups is 3. The van der Waals surface area contributed by atoms with E-state index in [1.54, 1.807) is 0 Å². The highest BCUT2D eigenvalue weighted by Gasteiger charge is 2.53. The van der Waals surface area contributed by atoms with Gasteiger partial charge in [0.05, 0.1) is 32.5 Å². The Hall–Kier alpha value is -1.14. The van der Waals surface area contributed by atoms with Crippen molar-refractivity contribution >= 4 is 42.9 Å². The number of esters is 3. The van der Waals surface area contributed by atoms with Crippen molar-refractivity contribution < 1.29 is 51.3 Å². The molecule has 0 aromatic rings. The van der Waals surface area contributed by atoms with Gasteiger partial charge >= 0.3 is 17.9 Å². The van der Waals surface area contributed by atoms with Gasteiger partial charge in [-0.3, -0.25) is 14.4 Å². The molecule has 14 heteroatoms. The summed E-state index contributed by atoms with van der Waals surface area (Å²) in [5, 5.41) is 0. The van der Waals surface area contributed by atoms with E-state index in [1.165, 1.54) is 7.11 Å². The second kappa shape index (κ2) is 21.2. The molecule has 3 unspecified atom stereocenters. The topological polar surface area (TPSA) is 125 Å². The summed E-state index contributed by atoms with van der Waals surface area (Å²) in [5.74, 6) is -2.67. The van der Waals surface area contributed by atoms with Crippen molar-refractivity contribution in [2.75, 3.05) is 26.9 Å². The summed E-state index contributed by atoms with van der Waals surface area (Å²) in [6.45, 7) is 23.8. The normalized spacial score (nSPS) is 22.3. The third-order valence-corrected chi connectivity index (χ3v) is 10.1. The second-order valence-electron chi connectivity index (χ2n) is 15.2. The lowest BCUT2D eigenvalue weighted by atomic mass is 9.91. The Morgan fingerprint density at radius 1 is 0.638 bits per heavy atom. The first-order valence-corrected chi connectivity index (χ1v) is 27.7. The Labute approximate surface area is 287 Å². The molecule has 1 rings (SSSR count). The summed E-state index contributed by atoms with van der Waals surface area (Å²) in [6.07, 6.45) is 2.27. The quantitative estimate of drug-likeness (QED) is 0.0363. The van der Waals surface area contributed by atoms with Gasteiger partial charge in [0, 0.05) is 19.4 Å². The minimum absolute atomic E-state index is 0.00469. The molecule has 1 aliphatic heterocycles. The zero-order valence-electron chi connectivity index (χ0n) is 31.4. The van der Waals surface area contributed by atoms with Gasteiger partial charge in [-0.15, -0.1) is 0 Å². The van der Waals surface area contributed by atoms with Crippen molar-refractivity contribution in [1.29, 1.82) is 0 Å². The summed E-state index contributed by atoms with van der Waals surface area (Å²) < 4.78 is 49.5. The lowest BCUT2D eigenvalue weighted by Gasteiger charge is -2.51. The Bertz CT molecular complexity index is 908. The lowest BCUT2D eigenvalue weighted by molar-refractivity contribution is -0.289. The van der Waals surface area contributed by atoms with Crippen LogP contribution in [0.4, 0.5) is 0 Å². The van der Waals surface area contributed by atoms with Gasteiger partial charge in [0.1, 0.15) is 12.2 Å².